The molecule has 2 heterocycles. The van der Waals surface area contributed by atoms with Gasteiger partial charge in [-0.05, 0) is 68.0 Å². The molecule has 0 aliphatic carbocycles. The van der Waals surface area contributed by atoms with Crippen LogP contribution in [0.25, 0.3) is 0 Å². The Bertz CT molecular complexity index is 1310. The van der Waals surface area contributed by atoms with Crippen LogP contribution in [0.4, 0.5) is 0 Å². The second-order valence-electron chi connectivity index (χ2n) is 9.07. The van der Waals surface area contributed by atoms with Gasteiger partial charge in [0.05, 0.1) is 15.8 Å². The molecule has 2 aliphatic rings. The van der Waals surface area contributed by atoms with Crippen LogP contribution < -0.4 is 5.32 Å². The van der Waals surface area contributed by atoms with Crippen molar-refractivity contribution in [1.29, 1.82) is 0 Å². The number of piperidine rings is 1. The van der Waals surface area contributed by atoms with Gasteiger partial charge in [-0.2, -0.15) is 8.61 Å². The van der Waals surface area contributed by atoms with E-state index in [0.29, 0.717) is 45.4 Å². The second kappa shape index (κ2) is 11.4. The number of nitrogens with one attached hydrogen (secondary N) is 1. The van der Waals surface area contributed by atoms with E-state index in [1.165, 1.54) is 26.8 Å². The van der Waals surface area contributed by atoms with E-state index in [2.05, 4.69) is 5.32 Å². The van der Waals surface area contributed by atoms with E-state index in [9.17, 15) is 21.6 Å². The summed E-state index contributed by atoms with van der Waals surface area (Å²) in [6.45, 7) is 1.85. The molecule has 8 nitrogen and oxygen atoms in total. The average Bonchev–Trinajstić information content (AvgIpc) is 3.42. The smallest absolute Gasteiger partial charge is 0.244 e. The van der Waals surface area contributed by atoms with Crippen LogP contribution in [0, 0.1) is 5.92 Å². The maximum atomic E-state index is 13.1. The van der Waals surface area contributed by atoms with Crippen molar-refractivity contribution in [2.24, 2.45) is 5.92 Å². The molecular weight excluding hydrogens is 545 g/mol. The Morgan fingerprint density at radius 1 is 0.889 bits per heavy atom. The molecule has 36 heavy (non-hydrogen) atoms. The maximum Gasteiger partial charge on any atom is 0.244 e. The van der Waals surface area contributed by atoms with E-state index in [1.54, 1.807) is 24.3 Å². The van der Waals surface area contributed by atoms with Gasteiger partial charge in [0.1, 0.15) is 4.90 Å². The van der Waals surface area contributed by atoms with Gasteiger partial charge in [0.2, 0.25) is 26.0 Å². The number of benzene rings is 2. The molecule has 1 unspecified atom stereocenters. The van der Waals surface area contributed by atoms with Crippen LogP contribution in [0.2, 0.25) is 10.0 Å². The predicted molar refractivity (Wildman–Crippen MR) is 139 cm³/mol. The number of rotatable bonds is 8. The number of nitrogens with zero attached hydrogens (tertiary/aromatic N) is 2. The number of amides is 1. The van der Waals surface area contributed by atoms with Gasteiger partial charge in [-0.3, -0.25) is 4.79 Å². The third-order valence-electron chi connectivity index (χ3n) is 6.61. The van der Waals surface area contributed by atoms with Crippen molar-refractivity contribution >= 4 is 49.2 Å². The minimum Gasteiger partial charge on any atom is -0.355 e. The lowest BCUT2D eigenvalue weighted by atomic mass is 9.99. The molecule has 2 aromatic carbocycles. The van der Waals surface area contributed by atoms with Gasteiger partial charge >= 0.3 is 0 Å². The van der Waals surface area contributed by atoms with Crippen molar-refractivity contribution in [1.82, 2.24) is 13.9 Å². The van der Waals surface area contributed by atoms with Crippen LogP contribution in [-0.4, -0.2) is 64.1 Å². The van der Waals surface area contributed by atoms with Gasteiger partial charge in [-0.1, -0.05) is 35.3 Å². The lowest BCUT2D eigenvalue weighted by molar-refractivity contribution is -0.126. The summed E-state index contributed by atoms with van der Waals surface area (Å²) in [7, 11) is -7.34. The Morgan fingerprint density at radius 2 is 1.56 bits per heavy atom. The summed E-state index contributed by atoms with van der Waals surface area (Å²) >= 11 is 12.1. The Labute approximate surface area is 222 Å². The molecule has 0 aromatic heterocycles. The molecule has 2 fully saturated rings. The van der Waals surface area contributed by atoms with Crippen molar-refractivity contribution in [3.05, 3.63) is 58.1 Å². The SMILES string of the molecule is O=C(NCCc1ccc(S(=O)(=O)N2CCCC2)cc1)C1CCCN(S(=O)(=O)c2cc(Cl)ccc2Cl)C1. The zero-order chi connectivity index (χ0) is 25.9. The first kappa shape index (κ1) is 27.3. The van der Waals surface area contributed by atoms with E-state index in [4.69, 9.17) is 23.2 Å². The lowest BCUT2D eigenvalue weighted by Crippen LogP contribution is -2.45. The summed E-state index contributed by atoms with van der Waals surface area (Å²) in [5, 5.41) is 3.25. The molecule has 196 valence electrons. The average molecular weight is 575 g/mol. The van der Waals surface area contributed by atoms with E-state index in [0.717, 1.165) is 18.4 Å². The molecule has 1 N–H and O–H groups in total. The predicted octanol–water partition coefficient (Wildman–Crippen LogP) is 3.54. The minimum absolute atomic E-state index is 0.0621. The Morgan fingerprint density at radius 3 is 2.25 bits per heavy atom. The number of hydrogen-bond donors (Lipinski definition) is 1. The number of carbonyl (C=O) groups is 1. The monoisotopic (exact) mass is 573 g/mol. The van der Waals surface area contributed by atoms with E-state index < -0.39 is 26.0 Å². The topological polar surface area (TPSA) is 104 Å². The molecule has 0 spiro atoms. The number of sulfonamides is 2. The quantitative estimate of drug-likeness (QED) is 0.520. The first-order valence-corrected chi connectivity index (χ1v) is 15.5. The van der Waals surface area contributed by atoms with Gasteiger partial charge in [0, 0.05) is 37.7 Å². The van der Waals surface area contributed by atoms with Gasteiger partial charge in [-0.25, -0.2) is 16.8 Å². The van der Waals surface area contributed by atoms with Crippen LogP contribution in [0.5, 0.6) is 0 Å². The standard InChI is InChI=1S/C24H29Cl2N3O5S2/c25-20-7-10-22(26)23(16-20)36(33,34)29-15-3-4-19(17-29)24(30)27-12-11-18-5-8-21(9-6-18)35(31,32)28-13-1-2-14-28/h5-10,16,19H,1-4,11-15,17H2,(H,27,30). The summed E-state index contributed by atoms with van der Waals surface area (Å²) in [6.07, 6.45) is 3.45. The fourth-order valence-electron chi connectivity index (χ4n) is 4.57. The lowest BCUT2D eigenvalue weighted by Gasteiger charge is -2.31. The Balaban J connectivity index is 1.32. The largest absolute Gasteiger partial charge is 0.355 e. The van der Waals surface area contributed by atoms with Crippen molar-refractivity contribution in [3.8, 4) is 0 Å². The first-order chi connectivity index (χ1) is 17.1. The zero-order valence-electron chi connectivity index (χ0n) is 19.7. The highest BCUT2D eigenvalue weighted by molar-refractivity contribution is 7.89. The summed E-state index contributed by atoms with van der Waals surface area (Å²) in [4.78, 5) is 13.0. The highest BCUT2D eigenvalue weighted by atomic mass is 35.5. The molecular formula is C24H29Cl2N3O5S2. The highest BCUT2D eigenvalue weighted by Crippen LogP contribution is 2.30. The molecule has 2 aliphatic heterocycles. The molecule has 2 saturated heterocycles. The second-order valence-corrected chi connectivity index (χ2v) is 13.8. The molecule has 4 rings (SSSR count). The van der Waals surface area contributed by atoms with Crippen LogP contribution >= 0.6 is 23.2 Å². The summed E-state index contributed by atoms with van der Waals surface area (Å²) in [5.41, 5.74) is 0.902. The van der Waals surface area contributed by atoms with Gasteiger partial charge < -0.3 is 5.32 Å². The summed E-state index contributed by atoms with van der Waals surface area (Å²) < 4.78 is 54.3. The van der Waals surface area contributed by atoms with Crippen molar-refractivity contribution in [2.75, 3.05) is 32.7 Å². The first-order valence-electron chi connectivity index (χ1n) is 11.9. The summed E-state index contributed by atoms with van der Waals surface area (Å²) in [5.74, 6) is -0.681. The van der Waals surface area contributed by atoms with Crippen LogP contribution in [0.15, 0.2) is 52.3 Å². The molecule has 1 atom stereocenters. The van der Waals surface area contributed by atoms with E-state index in [-0.39, 0.29) is 32.3 Å². The summed E-state index contributed by atoms with van der Waals surface area (Å²) in [6, 6.07) is 11.0. The number of halogens is 2. The molecule has 1 amide bonds. The number of carbonyl (C=O) groups excluding carboxylic acids is 1. The van der Waals surface area contributed by atoms with Gasteiger partial charge in [0.25, 0.3) is 0 Å². The number of hydrogen-bond acceptors (Lipinski definition) is 5. The molecule has 0 saturated carbocycles. The van der Waals surface area contributed by atoms with Crippen LogP contribution in [0.1, 0.15) is 31.2 Å². The zero-order valence-corrected chi connectivity index (χ0v) is 22.8. The van der Waals surface area contributed by atoms with Gasteiger partial charge in [0.15, 0.2) is 0 Å². The Kier molecular flexibility index (Phi) is 8.63. The van der Waals surface area contributed by atoms with E-state index >= 15 is 0 Å². The van der Waals surface area contributed by atoms with Crippen molar-refractivity contribution in [3.63, 3.8) is 0 Å². The Hall–Kier alpha value is -1.69. The molecule has 0 radical (unpaired) electrons. The fraction of sp³-hybridized carbons (Fsp3) is 0.458. The van der Waals surface area contributed by atoms with Crippen LogP contribution in [0.3, 0.4) is 0 Å². The van der Waals surface area contributed by atoms with Gasteiger partial charge in [-0.15, -0.1) is 0 Å². The maximum absolute atomic E-state index is 13.1. The third-order valence-corrected chi connectivity index (χ3v) is 11.1. The van der Waals surface area contributed by atoms with E-state index in [1.807, 2.05) is 0 Å². The fourth-order valence-corrected chi connectivity index (χ4v) is 8.35. The molecule has 12 heteroatoms. The molecule has 0 bridgehead atoms. The molecule has 2 aromatic rings. The van der Waals surface area contributed by atoms with Crippen molar-refractivity contribution < 1.29 is 21.6 Å². The minimum atomic E-state index is -3.88. The van der Waals surface area contributed by atoms with Crippen LogP contribution in [-0.2, 0) is 31.3 Å². The third kappa shape index (κ3) is 6.06. The van der Waals surface area contributed by atoms with Crippen molar-refractivity contribution in [2.45, 2.75) is 41.9 Å². The highest BCUT2D eigenvalue weighted by Gasteiger charge is 2.34. The normalized spacial score (nSPS) is 19.9.